The predicted octanol–water partition coefficient (Wildman–Crippen LogP) is 3.30. The van der Waals surface area contributed by atoms with Crippen molar-refractivity contribution in [2.45, 2.75) is 26.4 Å². The Balaban J connectivity index is 2.96. The first-order valence-electron chi connectivity index (χ1n) is 4.90. The Labute approximate surface area is 100 Å². The van der Waals surface area contributed by atoms with Crippen LogP contribution < -0.4 is 4.74 Å². The van der Waals surface area contributed by atoms with Crippen LogP contribution in [0.3, 0.4) is 0 Å². The third kappa shape index (κ3) is 3.42. The molecule has 0 aliphatic heterocycles. The summed E-state index contributed by atoms with van der Waals surface area (Å²) in [5.74, 6) is 0.144. The molecule has 0 atom stereocenters. The van der Waals surface area contributed by atoms with Crippen molar-refractivity contribution >= 4 is 17.6 Å². The van der Waals surface area contributed by atoms with E-state index in [2.05, 4.69) is 4.74 Å². The maximum atomic E-state index is 11.2. The smallest absolute Gasteiger partial charge is 0.337 e. The fraction of sp³-hybridized carbons (Fsp3) is 0.417. The Morgan fingerprint density at radius 1 is 1.31 bits per heavy atom. The van der Waals surface area contributed by atoms with Gasteiger partial charge in [0.15, 0.2) is 0 Å². The largest absolute Gasteiger partial charge is 0.487 e. The molecule has 0 saturated heterocycles. The molecule has 16 heavy (non-hydrogen) atoms. The van der Waals surface area contributed by atoms with Gasteiger partial charge < -0.3 is 9.47 Å². The van der Waals surface area contributed by atoms with E-state index < -0.39 is 5.97 Å². The number of esters is 1. The second-order valence-corrected chi connectivity index (χ2v) is 4.76. The van der Waals surface area contributed by atoms with Crippen molar-refractivity contribution in [3.05, 3.63) is 28.8 Å². The number of halogens is 1. The van der Waals surface area contributed by atoms with E-state index in [1.807, 2.05) is 20.8 Å². The predicted molar refractivity (Wildman–Crippen MR) is 63.2 cm³/mol. The molecule has 0 spiro atoms. The second-order valence-electron chi connectivity index (χ2n) is 4.35. The van der Waals surface area contributed by atoms with Crippen molar-refractivity contribution in [2.24, 2.45) is 0 Å². The molecule has 1 aromatic carbocycles. The second kappa shape index (κ2) is 4.74. The van der Waals surface area contributed by atoms with Crippen LogP contribution in [0.4, 0.5) is 0 Å². The van der Waals surface area contributed by atoms with Gasteiger partial charge in [-0.3, -0.25) is 0 Å². The van der Waals surface area contributed by atoms with E-state index in [-0.39, 0.29) is 5.60 Å². The zero-order valence-electron chi connectivity index (χ0n) is 9.83. The number of carbonyl (C=O) groups is 1. The van der Waals surface area contributed by atoms with Gasteiger partial charge in [-0.15, -0.1) is 0 Å². The molecule has 0 radical (unpaired) electrons. The van der Waals surface area contributed by atoms with Crippen LogP contribution in [0.2, 0.25) is 5.02 Å². The lowest BCUT2D eigenvalue weighted by Crippen LogP contribution is -2.23. The Hall–Kier alpha value is -1.22. The SMILES string of the molecule is COC(=O)c1ccc(OC(C)(C)C)c(Cl)c1. The van der Waals surface area contributed by atoms with E-state index in [4.69, 9.17) is 16.3 Å². The number of hydrogen-bond acceptors (Lipinski definition) is 3. The normalized spacial score (nSPS) is 11.1. The van der Waals surface area contributed by atoms with Gasteiger partial charge in [-0.1, -0.05) is 11.6 Å². The van der Waals surface area contributed by atoms with E-state index in [1.54, 1.807) is 12.1 Å². The minimum absolute atomic E-state index is 0.323. The summed E-state index contributed by atoms with van der Waals surface area (Å²) in [7, 11) is 1.33. The molecular weight excluding hydrogens is 228 g/mol. The fourth-order valence-corrected chi connectivity index (χ4v) is 1.38. The van der Waals surface area contributed by atoms with Gasteiger partial charge in [-0.25, -0.2) is 4.79 Å². The molecule has 0 saturated carbocycles. The third-order valence-corrected chi connectivity index (χ3v) is 2.06. The summed E-state index contributed by atoms with van der Waals surface area (Å²) in [6, 6.07) is 4.83. The van der Waals surface area contributed by atoms with E-state index in [1.165, 1.54) is 13.2 Å². The van der Waals surface area contributed by atoms with Crippen molar-refractivity contribution in [3.8, 4) is 5.75 Å². The molecule has 0 unspecified atom stereocenters. The average molecular weight is 243 g/mol. The number of hydrogen-bond donors (Lipinski definition) is 0. The summed E-state index contributed by atoms with van der Waals surface area (Å²) < 4.78 is 10.2. The van der Waals surface area contributed by atoms with Crippen molar-refractivity contribution in [1.82, 2.24) is 0 Å². The van der Waals surface area contributed by atoms with Crippen LogP contribution in [0.15, 0.2) is 18.2 Å². The minimum atomic E-state index is -0.413. The standard InChI is InChI=1S/C12H15ClO3/c1-12(2,3)16-10-6-5-8(7-9(10)13)11(14)15-4/h5-7H,1-4H3. The summed E-state index contributed by atoms with van der Waals surface area (Å²) in [6.07, 6.45) is 0. The molecule has 0 N–H and O–H groups in total. The molecule has 0 aliphatic carbocycles. The molecule has 1 rings (SSSR count). The first kappa shape index (κ1) is 12.8. The number of methoxy groups -OCH3 is 1. The molecule has 88 valence electrons. The number of rotatable bonds is 2. The summed E-state index contributed by atoms with van der Waals surface area (Å²) in [4.78, 5) is 11.2. The van der Waals surface area contributed by atoms with Crippen LogP contribution in [0.5, 0.6) is 5.75 Å². The Morgan fingerprint density at radius 2 is 1.94 bits per heavy atom. The molecule has 0 aromatic heterocycles. The lowest BCUT2D eigenvalue weighted by molar-refractivity contribution is 0.0600. The molecular formula is C12H15ClO3. The molecule has 0 amide bonds. The lowest BCUT2D eigenvalue weighted by Gasteiger charge is -2.22. The van der Waals surface area contributed by atoms with Crippen LogP contribution in [-0.4, -0.2) is 18.7 Å². The first-order chi connectivity index (χ1) is 7.33. The Bertz CT molecular complexity index is 394. The summed E-state index contributed by atoms with van der Waals surface area (Å²) in [5.41, 5.74) is 0.0879. The van der Waals surface area contributed by atoms with Crippen LogP contribution in [0.25, 0.3) is 0 Å². The van der Waals surface area contributed by atoms with Crippen molar-refractivity contribution in [3.63, 3.8) is 0 Å². The zero-order chi connectivity index (χ0) is 12.3. The molecule has 0 fully saturated rings. The van der Waals surface area contributed by atoms with Crippen LogP contribution >= 0.6 is 11.6 Å². The summed E-state index contributed by atoms with van der Waals surface area (Å²) >= 11 is 6.00. The zero-order valence-corrected chi connectivity index (χ0v) is 10.6. The molecule has 3 nitrogen and oxygen atoms in total. The molecule has 4 heteroatoms. The molecule has 0 aliphatic rings. The van der Waals surface area contributed by atoms with Crippen LogP contribution in [0.1, 0.15) is 31.1 Å². The maximum absolute atomic E-state index is 11.2. The molecule has 0 heterocycles. The Morgan fingerprint density at radius 3 is 2.38 bits per heavy atom. The van der Waals surface area contributed by atoms with E-state index in [9.17, 15) is 4.79 Å². The maximum Gasteiger partial charge on any atom is 0.337 e. The quantitative estimate of drug-likeness (QED) is 0.747. The number of ether oxygens (including phenoxy) is 2. The highest BCUT2D eigenvalue weighted by molar-refractivity contribution is 6.32. The fourth-order valence-electron chi connectivity index (χ4n) is 1.16. The van der Waals surface area contributed by atoms with Crippen molar-refractivity contribution in [1.29, 1.82) is 0 Å². The van der Waals surface area contributed by atoms with Gasteiger partial charge in [0.05, 0.1) is 17.7 Å². The van der Waals surface area contributed by atoms with Crippen molar-refractivity contribution in [2.75, 3.05) is 7.11 Å². The van der Waals surface area contributed by atoms with E-state index in [0.717, 1.165) is 0 Å². The first-order valence-corrected chi connectivity index (χ1v) is 5.28. The topological polar surface area (TPSA) is 35.5 Å². The Kier molecular flexibility index (Phi) is 3.81. The average Bonchev–Trinajstić information content (AvgIpc) is 2.18. The summed E-state index contributed by atoms with van der Waals surface area (Å²) in [5, 5.41) is 0.401. The molecule has 0 bridgehead atoms. The van der Waals surface area contributed by atoms with E-state index in [0.29, 0.717) is 16.3 Å². The van der Waals surface area contributed by atoms with Gasteiger partial charge in [0.1, 0.15) is 11.4 Å². The molecule has 1 aromatic rings. The van der Waals surface area contributed by atoms with Gasteiger partial charge in [-0.2, -0.15) is 0 Å². The highest BCUT2D eigenvalue weighted by atomic mass is 35.5. The highest BCUT2D eigenvalue weighted by Gasteiger charge is 2.15. The van der Waals surface area contributed by atoms with Crippen LogP contribution in [-0.2, 0) is 4.74 Å². The third-order valence-electron chi connectivity index (χ3n) is 1.77. The lowest BCUT2D eigenvalue weighted by atomic mass is 10.1. The van der Waals surface area contributed by atoms with Crippen molar-refractivity contribution < 1.29 is 14.3 Å². The highest BCUT2D eigenvalue weighted by Crippen LogP contribution is 2.28. The monoisotopic (exact) mass is 242 g/mol. The van der Waals surface area contributed by atoms with Gasteiger partial charge in [0.25, 0.3) is 0 Å². The van der Waals surface area contributed by atoms with Gasteiger partial charge in [0, 0.05) is 0 Å². The minimum Gasteiger partial charge on any atom is -0.487 e. The number of benzene rings is 1. The van der Waals surface area contributed by atoms with E-state index >= 15 is 0 Å². The number of carbonyl (C=O) groups excluding carboxylic acids is 1. The van der Waals surface area contributed by atoms with Gasteiger partial charge in [-0.05, 0) is 39.0 Å². The van der Waals surface area contributed by atoms with Gasteiger partial charge >= 0.3 is 5.97 Å². The van der Waals surface area contributed by atoms with Crippen LogP contribution in [0, 0.1) is 0 Å². The van der Waals surface area contributed by atoms with Gasteiger partial charge in [0.2, 0.25) is 0 Å². The summed E-state index contributed by atoms with van der Waals surface area (Å²) in [6.45, 7) is 5.78.